The molecule has 1 aromatic rings. The van der Waals surface area contributed by atoms with Crippen LogP contribution in [0.4, 0.5) is 9.59 Å². The molecule has 0 bridgehead atoms. The SMILES string of the molecule is [2H]c1c([2H])c([2H])c(C(CC)(COC(N)=O)COC(N)=O)c([2H])c1[2H]. The van der Waals surface area contributed by atoms with Gasteiger partial charge >= 0.3 is 12.2 Å². The van der Waals surface area contributed by atoms with Crippen LogP contribution in [0.15, 0.2) is 30.2 Å². The van der Waals surface area contributed by atoms with Crippen molar-refractivity contribution in [3.8, 4) is 0 Å². The first-order chi connectivity index (χ1) is 11.1. The summed E-state index contributed by atoms with van der Waals surface area (Å²) in [6.07, 6.45) is -2.10. The Hall–Kier alpha value is -2.24. The van der Waals surface area contributed by atoms with Crippen LogP contribution in [0.2, 0.25) is 0 Å². The van der Waals surface area contributed by atoms with Crippen molar-refractivity contribution in [3.63, 3.8) is 0 Å². The highest BCUT2D eigenvalue weighted by molar-refractivity contribution is 5.65. The maximum Gasteiger partial charge on any atom is 0.404 e. The summed E-state index contributed by atoms with van der Waals surface area (Å²) in [4.78, 5) is 21.9. The van der Waals surface area contributed by atoms with Crippen LogP contribution in [0.3, 0.4) is 0 Å². The van der Waals surface area contributed by atoms with Crippen molar-refractivity contribution in [3.05, 3.63) is 35.8 Å². The van der Waals surface area contributed by atoms with Gasteiger partial charge in [0.2, 0.25) is 0 Å². The fourth-order valence-corrected chi connectivity index (χ4v) is 1.50. The van der Waals surface area contributed by atoms with Gasteiger partial charge in [0.1, 0.15) is 13.2 Å². The van der Waals surface area contributed by atoms with Gasteiger partial charge in [-0.3, -0.25) is 0 Å². The van der Waals surface area contributed by atoms with Crippen molar-refractivity contribution in [1.29, 1.82) is 0 Å². The topological polar surface area (TPSA) is 105 Å². The highest BCUT2D eigenvalue weighted by Gasteiger charge is 2.33. The van der Waals surface area contributed by atoms with Gasteiger partial charge in [0, 0.05) is 0 Å². The molecule has 0 spiro atoms. The maximum atomic E-state index is 11.0. The van der Waals surface area contributed by atoms with E-state index in [0.29, 0.717) is 0 Å². The second kappa shape index (κ2) is 6.63. The molecule has 0 radical (unpaired) electrons. The van der Waals surface area contributed by atoms with Crippen LogP contribution in [0.1, 0.15) is 25.8 Å². The zero-order valence-corrected chi connectivity index (χ0v) is 10.4. The molecule has 0 atom stereocenters. The third-order valence-corrected chi connectivity index (χ3v) is 2.69. The Morgan fingerprint density at radius 3 is 2.00 bits per heavy atom. The highest BCUT2D eigenvalue weighted by Crippen LogP contribution is 2.29. The molecule has 1 aromatic carbocycles. The molecule has 6 heteroatoms. The zero-order chi connectivity index (χ0) is 18.7. The van der Waals surface area contributed by atoms with Crippen LogP contribution in [0, 0.1) is 0 Å². The number of rotatable bonds is 6. The van der Waals surface area contributed by atoms with Crippen LogP contribution >= 0.6 is 0 Å². The van der Waals surface area contributed by atoms with Crippen LogP contribution in [-0.2, 0) is 14.9 Å². The number of primary amides is 2. The molecular formula is C13H18N2O4. The molecule has 0 aliphatic carbocycles. The minimum absolute atomic E-state index is 0.127. The van der Waals surface area contributed by atoms with E-state index in [1.807, 2.05) is 0 Å². The number of carbonyl (C=O) groups excluding carboxylic acids is 2. The molecular weight excluding hydrogens is 248 g/mol. The number of benzene rings is 1. The minimum atomic E-state index is -1.39. The number of carbonyl (C=O) groups is 2. The van der Waals surface area contributed by atoms with Gasteiger partial charge in [-0.2, -0.15) is 0 Å². The van der Waals surface area contributed by atoms with E-state index in [9.17, 15) is 9.59 Å². The van der Waals surface area contributed by atoms with Crippen molar-refractivity contribution in [2.75, 3.05) is 13.2 Å². The molecule has 0 fully saturated rings. The summed E-state index contributed by atoms with van der Waals surface area (Å²) in [5, 5.41) is 0. The van der Waals surface area contributed by atoms with Crippen LogP contribution in [0.25, 0.3) is 0 Å². The van der Waals surface area contributed by atoms with Gasteiger partial charge in [-0.05, 0) is 12.0 Å². The fourth-order valence-electron chi connectivity index (χ4n) is 1.50. The van der Waals surface area contributed by atoms with E-state index in [1.165, 1.54) is 0 Å². The first-order valence-corrected chi connectivity index (χ1v) is 5.49. The molecule has 0 aliphatic heterocycles. The number of hydrogen-bond acceptors (Lipinski definition) is 4. The predicted octanol–water partition coefficient (Wildman–Crippen LogP) is 1.52. The van der Waals surface area contributed by atoms with E-state index in [1.54, 1.807) is 6.92 Å². The summed E-state index contributed by atoms with van der Waals surface area (Å²) in [7, 11) is 0. The average molecular weight is 271 g/mol. The van der Waals surface area contributed by atoms with Crippen molar-refractivity contribution in [2.45, 2.75) is 18.8 Å². The highest BCUT2D eigenvalue weighted by atomic mass is 16.6. The maximum absolute atomic E-state index is 11.0. The lowest BCUT2D eigenvalue weighted by Gasteiger charge is -2.31. The van der Waals surface area contributed by atoms with Gasteiger partial charge in [-0.15, -0.1) is 0 Å². The molecule has 2 amide bonds. The van der Waals surface area contributed by atoms with E-state index in [4.69, 9.17) is 27.8 Å². The Labute approximate surface area is 118 Å². The Morgan fingerprint density at radius 1 is 1.16 bits per heavy atom. The first-order valence-electron chi connectivity index (χ1n) is 7.99. The van der Waals surface area contributed by atoms with Crippen molar-refractivity contribution < 1.29 is 25.9 Å². The summed E-state index contributed by atoms with van der Waals surface area (Å²) in [6, 6.07) is -2.64. The quantitative estimate of drug-likeness (QED) is 0.818. The second-order valence-electron chi connectivity index (χ2n) is 3.85. The zero-order valence-electron chi connectivity index (χ0n) is 15.4. The van der Waals surface area contributed by atoms with Crippen LogP contribution in [0.5, 0.6) is 0 Å². The molecule has 19 heavy (non-hydrogen) atoms. The molecule has 1 rings (SSSR count). The van der Waals surface area contributed by atoms with Gasteiger partial charge in [0.15, 0.2) is 0 Å². The van der Waals surface area contributed by atoms with E-state index < -0.39 is 61.0 Å². The van der Waals surface area contributed by atoms with Crippen molar-refractivity contribution >= 4 is 12.2 Å². The van der Waals surface area contributed by atoms with Gasteiger partial charge < -0.3 is 20.9 Å². The largest absolute Gasteiger partial charge is 0.449 e. The minimum Gasteiger partial charge on any atom is -0.449 e. The third kappa shape index (κ3) is 4.17. The number of nitrogens with two attached hydrogens (primary N) is 2. The van der Waals surface area contributed by atoms with Crippen molar-refractivity contribution in [1.82, 2.24) is 0 Å². The summed E-state index contributed by atoms with van der Waals surface area (Å²) in [6.45, 7) is 0.732. The summed E-state index contributed by atoms with van der Waals surface area (Å²) in [5.74, 6) is 0. The summed E-state index contributed by atoms with van der Waals surface area (Å²) in [5.41, 5.74) is 8.38. The van der Waals surface area contributed by atoms with Gasteiger partial charge in [-0.25, -0.2) is 9.59 Å². The van der Waals surface area contributed by atoms with Gasteiger partial charge in [0.05, 0.1) is 12.3 Å². The molecule has 6 nitrogen and oxygen atoms in total. The molecule has 0 saturated carbocycles. The Kier molecular flexibility index (Phi) is 3.07. The van der Waals surface area contributed by atoms with Gasteiger partial charge in [0.25, 0.3) is 0 Å². The molecule has 0 heterocycles. The number of amides is 2. The molecule has 0 aliphatic rings. The Bertz CT molecular complexity index is 621. The van der Waals surface area contributed by atoms with Crippen molar-refractivity contribution in [2.24, 2.45) is 11.5 Å². The smallest absolute Gasteiger partial charge is 0.404 e. The lowest BCUT2D eigenvalue weighted by molar-refractivity contribution is 0.0721. The summed E-state index contributed by atoms with van der Waals surface area (Å²) < 4.78 is 48.8. The third-order valence-electron chi connectivity index (χ3n) is 2.69. The van der Waals surface area contributed by atoms with Crippen LogP contribution < -0.4 is 11.5 Å². The molecule has 104 valence electrons. The van der Waals surface area contributed by atoms with E-state index >= 15 is 0 Å². The normalized spacial score (nSPS) is 14.5. The lowest BCUT2D eigenvalue weighted by atomic mass is 9.79. The fraction of sp³-hybridized carbons (Fsp3) is 0.385. The monoisotopic (exact) mass is 271 g/mol. The Morgan fingerprint density at radius 2 is 1.63 bits per heavy atom. The van der Waals surface area contributed by atoms with E-state index in [2.05, 4.69) is 0 Å². The average Bonchev–Trinajstić information content (AvgIpc) is 2.53. The first kappa shape index (κ1) is 8.79. The lowest BCUT2D eigenvalue weighted by Crippen LogP contribution is -2.39. The van der Waals surface area contributed by atoms with Gasteiger partial charge in [-0.1, -0.05) is 37.1 Å². The summed E-state index contributed by atoms with van der Waals surface area (Å²) >= 11 is 0. The second-order valence-corrected chi connectivity index (χ2v) is 3.85. The number of ether oxygens (including phenoxy) is 2. The Balaban J connectivity index is 3.58. The van der Waals surface area contributed by atoms with Crippen LogP contribution in [-0.4, -0.2) is 25.4 Å². The molecule has 0 saturated heterocycles. The molecule has 4 N–H and O–H groups in total. The molecule has 0 unspecified atom stereocenters. The standard InChI is InChI=1S/C13H18N2O4/c1-2-13(8-18-11(14)16,9-19-12(15)17)10-6-4-3-5-7-10/h3-7H,2,8-9H2,1H3,(H2,14,16)(H2,15,17)/i3D,4D,5D,6D,7D. The molecule has 0 aromatic heterocycles. The number of hydrogen-bond donors (Lipinski definition) is 2. The van der Waals surface area contributed by atoms with E-state index in [0.717, 1.165) is 0 Å². The predicted molar refractivity (Wildman–Crippen MR) is 69.5 cm³/mol. The van der Waals surface area contributed by atoms with E-state index in [-0.39, 0.29) is 12.0 Å².